The molecule has 7 heteroatoms. The summed E-state index contributed by atoms with van der Waals surface area (Å²) in [5.41, 5.74) is 3.39. The molecule has 6 nitrogen and oxygen atoms in total. The van der Waals surface area contributed by atoms with Crippen LogP contribution >= 0.6 is 11.3 Å². The Bertz CT molecular complexity index is 1550. The maximum atomic E-state index is 13.3. The number of aromatic nitrogens is 2. The van der Waals surface area contributed by atoms with Gasteiger partial charge in [-0.1, -0.05) is 48.0 Å². The molecule has 0 spiro atoms. The van der Waals surface area contributed by atoms with Crippen molar-refractivity contribution in [3.63, 3.8) is 0 Å². The topological polar surface area (TPSA) is 73.2 Å². The quantitative estimate of drug-likeness (QED) is 0.315. The molecule has 1 N–H and O–H groups in total. The number of amides is 1. The zero-order valence-electron chi connectivity index (χ0n) is 19.3. The summed E-state index contributed by atoms with van der Waals surface area (Å²) in [6.45, 7) is 3.88. The smallest absolute Gasteiger partial charge is 0.263 e. The van der Waals surface area contributed by atoms with Gasteiger partial charge in [-0.3, -0.25) is 14.2 Å². The molecule has 0 radical (unpaired) electrons. The number of para-hydroxylation sites is 1. The first kappa shape index (κ1) is 22.6. The van der Waals surface area contributed by atoms with Gasteiger partial charge in [-0.2, -0.15) is 0 Å². The maximum Gasteiger partial charge on any atom is 0.263 e. The number of ether oxygens (including phenoxy) is 1. The summed E-state index contributed by atoms with van der Waals surface area (Å²) in [6.07, 6.45) is 1.44. The van der Waals surface area contributed by atoms with Crippen LogP contribution in [0.2, 0.25) is 0 Å². The van der Waals surface area contributed by atoms with Crippen LogP contribution in [0.3, 0.4) is 0 Å². The number of fused-ring (bicyclic) bond motifs is 1. The number of thiophene rings is 1. The fourth-order valence-electron chi connectivity index (χ4n) is 3.90. The van der Waals surface area contributed by atoms with E-state index in [4.69, 9.17) is 4.74 Å². The first-order valence-electron chi connectivity index (χ1n) is 11.2. The Morgan fingerprint density at radius 3 is 2.34 bits per heavy atom. The monoisotopic (exact) mass is 481 g/mol. The van der Waals surface area contributed by atoms with Crippen LogP contribution in [0, 0.1) is 13.8 Å². The van der Waals surface area contributed by atoms with Crippen molar-refractivity contribution in [2.75, 3.05) is 5.32 Å². The molecule has 2 heterocycles. The van der Waals surface area contributed by atoms with Gasteiger partial charge in [-0.15, -0.1) is 11.3 Å². The lowest BCUT2D eigenvalue weighted by atomic mass is 10.0. The Balaban J connectivity index is 1.34. The van der Waals surface area contributed by atoms with Gasteiger partial charge >= 0.3 is 0 Å². The highest BCUT2D eigenvalue weighted by molar-refractivity contribution is 7.19. The summed E-state index contributed by atoms with van der Waals surface area (Å²) >= 11 is 1.49. The molecule has 0 bridgehead atoms. The van der Waals surface area contributed by atoms with E-state index in [2.05, 4.69) is 10.3 Å². The number of carbonyl (C=O) groups is 1. The lowest BCUT2D eigenvalue weighted by Crippen LogP contribution is -2.27. The molecule has 0 aliphatic heterocycles. The molecule has 0 fully saturated rings. The third-order valence-electron chi connectivity index (χ3n) is 5.63. The van der Waals surface area contributed by atoms with Crippen LogP contribution < -0.4 is 15.6 Å². The summed E-state index contributed by atoms with van der Waals surface area (Å²) in [5.74, 6) is 1.09. The van der Waals surface area contributed by atoms with Gasteiger partial charge in [0.2, 0.25) is 5.91 Å². The van der Waals surface area contributed by atoms with Gasteiger partial charge in [0.1, 0.15) is 22.9 Å². The molecular formula is C28H23N3O3S. The molecule has 5 rings (SSSR count). The lowest BCUT2D eigenvalue weighted by molar-refractivity contribution is -0.116. The van der Waals surface area contributed by atoms with Crippen molar-refractivity contribution in [2.24, 2.45) is 0 Å². The Labute approximate surface area is 206 Å². The second-order valence-electron chi connectivity index (χ2n) is 8.24. The number of aryl methyl sites for hydroxylation is 2. The van der Waals surface area contributed by atoms with E-state index in [-0.39, 0.29) is 18.0 Å². The number of nitrogens with zero attached hydrogens (tertiary/aromatic N) is 2. The molecule has 0 saturated heterocycles. The van der Waals surface area contributed by atoms with Crippen LogP contribution in [0.15, 0.2) is 90.0 Å². The molecule has 0 atom stereocenters. The number of benzene rings is 3. The Morgan fingerprint density at radius 2 is 1.63 bits per heavy atom. The minimum Gasteiger partial charge on any atom is -0.457 e. The van der Waals surface area contributed by atoms with Crippen LogP contribution in [0.1, 0.15) is 10.4 Å². The highest BCUT2D eigenvalue weighted by Gasteiger charge is 2.18. The van der Waals surface area contributed by atoms with Crippen LogP contribution in [0.5, 0.6) is 11.5 Å². The van der Waals surface area contributed by atoms with E-state index in [1.165, 1.54) is 22.2 Å². The standard InChI is InChI=1S/C28H23N3O3S/c1-18-8-10-20(11-9-18)25-19(2)35-27-26(25)28(33)31(17-29-27)16-24(32)30-21-12-14-23(15-13-21)34-22-6-4-3-5-7-22/h3-15,17H,16H2,1-2H3,(H,30,32). The largest absolute Gasteiger partial charge is 0.457 e. The van der Waals surface area contributed by atoms with Crippen molar-refractivity contribution < 1.29 is 9.53 Å². The molecular weight excluding hydrogens is 458 g/mol. The zero-order chi connectivity index (χ0) is 24.4. The van der Waals surface area contributed by atoms with E-state index in [0.717, 1.165) is 27.3 Å². The van der Waals surface area contributed by atoms with Gasteiger partial charge in [0.05, 0.1) is 11.7 Å². The second-order valence-corrected chi connectivity index (χ2v) is 9.45. The number of hydrogen-bond acceptors (Lipinski definition) is 5. The number of rotatable bonds is 6. The number of anilines is 1. The molecule has 3 aromatic carbocycles. The van der Waals surface area contributed by atoms with Crippen molar-refractivity contribution in [2.45, 2.75) is 20.4 Å². The van der Waals surface area contributed by atoms with Gasteiger partial charge < -0.3 is 10.1 Å². The molecule has 35 heavy (non-hydrogen) atoms. The average molecular weight is 482 g/mol. The van der Waals surface area contributed by atoms with Crippen molar-refractivity contribution in [3.05, 3.63) is 106 Å². The van der Waals surface area contributed by atoms with Gasteiger partial charge in [-0.25, -0.2) is 4.98 Å². The number of carbonyl (C=O) groups excluding carboxylic acids is 1. The van der Waals surface area contributed by atoms with Crippen molar-refractivity contribution in [3.8, 4) is 22.6 Å². The van der Waals surface area contributed by atoms with Crippen LogP contribution in [0.25, 0.3) is 21.3 Å². The number of nitrogens with one attached hydrogen (secondary N) is 1. The zero-order valence-corrected chi connectivity index (χ0v) is 20.1. The SMILES string of the molecule is Cc1ccc(-c2c(C)sc3ncn(CC(=O)Nc4ccc(Oc5ccccc5)cc4)c(=O)c23)cc1. The highest BCUT2D eigenvalue weighted by Crippen LogP contribution is 2.35. The first-order valence-corrected chi connectivity index (χ1v) is 12.0. The van der Waals surface area contributed by atoms with Crippen molar-refractivity contribution in [1.29, 1.82) is 0 Å². The molecule has 2 aromatic heterocycles. The predicted octanol–water partition coefficient (Wildman–Crippen LogP) is 6.17. The van der Waals surface area contributed by atoms with Gasteiger partial charge in [0.15, 0.2) is 0 Å². The average Bonchev–Trinajstić information content (AvgIpc) is 3.20. The fourth-order valence-corrected chi connectivity index (χ4v) is 4.91. The van der Waals surface area contributed by atoms with E-state index in [1.54, 1.807) is 24.3 Å². The van der Waals surface area contributed by atoms with E-state index in [1.807, 2.05) is 68.4 Å². The molecule has 0 aliphatic rings. The Morgan fingerprint density at radius 1 is 0.943 bits per heavy atom. The summed E-state index contributed by atoms with van der Waals surface area (Å²) < 4.78 is 7.14. The van der Waals surface area contributed by atoms with Crippen molar-refractivity contribution >= 4 is 33.1 Å². The summed E-state index contributed by atoms with van der Waals surface area (Å²) in [4.78, 5) is 32.2. The normalized spacial score (nSPS) is 10.9. The fraction of sp³-hybridized carbons (Fsp3) is 0.107. The minimum absolute atomic E-state index is 0.133. The lowest BCUT2D eigenvalue weighted by Gasteiger charge is -2.09. The van der Waals surface area contributed by atoms with Crippen LogP contribution in [-0.4, -0.2) is 15.5 Å². The van der Waals surface area contributed by atoms with Crippen LogP contribution in [0.4, 0.5) is 5.69 Å². The third-order valence-corrected chi connectivity index (χ3v) is 6.64. The summed E-state index contributed by atoms with van der Waals surface area (Å²) in [6, 6.07) is 24.6. The third kappa shape index (κ3) is 4.85. The molecule has 0 aliphatic carbocycles. The van der Waals surface area contributed by atoms with Gasteiger partial charge in [0.25, 0.3) is 5.56 Å². The first-order chi connectivity index (χ1) is 17.0. The summed E-state index contributed by atoms with van der Waals surface area (Å²) in [7, 11) is 0. The van der Waals surface area contributed by atoms with E-state index in [0.29, 0.717) is 21.7 Å². The summed E-state index contributed by atoms with van der Waals surface area (Å²) in [5, 5.41) is 3.39. The predicted molar refractivity (Wildman–Crippen MR) is 140 cm³/mol. The molecule has 5 aromatic rings. The Hall–Kier alpha value is -4.23. The molecule has 1 amide bonds. The molecule has 0 unspecified atom stereocenters. The van der Waals surface area contributed by atoms with Gasteiger partial charge in [-0.05, 0) is 55.8 Å². The van der Waals surface area contributed by atoms with E-state index in [9.17, 15) is 9.59 Å². The van der Waals surface area contributed by atoms with E-state index < -0.39 is 0 Å². The molecule has 174 valence electrons. The Kier molecular flexibility index (Phi) is 6.16. The second kappa shape index (κ2) is 9.56. The van der Waals surface area contributed by atoms with Crippen molar-refractivity contribution in [1.82, 2.24) is 9.55 Å². The molecule has 0 saturated carbocycles. The van der Waals surface area contributed by atoms with Gasteiger partial charge in [0, 0.05) is 16.1 Å². The maximum absolute atomic E-state index is 13.3. The highest BCUT2D eigenvalue weighted by atomic mass is 32.1. The van der Waals surface area contributed by atoms with E-state index >= 15 is 0 Å². The number of hydrogen-bond donors (Lipinski definition) is 1. The van der Waals surface area contributed by atoms with Crippen LogP contribution in [-0.2, 0) is 11.3 Å². The minimum atomic E-state index is -0.311.